The summed E-state index contributed by atoms with van der Waals surface area (Å²) in [6, 6.07) is 11.3. The van der Waals surface area contributed by atoms with Crippen LogP contribution in [0.4, 0.5) is 9.52 Å². The Labute approximate surface area is 165 Å². The fourth-order valence-electron chi connectivity index (χ4n) is 2.21. The number of benzene rings is 2. The summed E-state index contributed by atoms with van der Waals surface area (Å²) in [5.41, 5.74) is 1.37. The molecule has 0 unspecified atom stereocenters. The lowest BCUT2D eigenvalue weighted by Crippen LogP contribution is -2.13. The van der Waals surface area contributed by atoms with Gasteiger partial charge in [-0.2, -0.15) is 0 Å². The number of nitrogens with zero attached hydrogens (tertiary/aromatic N) is 3. The molecular weight excluding hydrogens is 411 g/mol. The lowest BCUT2D eigenvalue weighted by molar-refractivity contribution is -0.113. The Morgan fingerprint density at radius 2 is 2.04 bits per heavy atom. The standard InChI is InChI=1S/C17H10ClFN4O2S2/c18-10-3-1-9(2-4-10)15-22-23-17(25-15)26-8-14(24)21-16-20-12-6-5-11(19)7-13(12)27-16/h1-7H,8H2,(H,20,21,24). The third-order valence-electron chi connectivity index (χ3n) is 3.42. The number of carbonyl (C=O) groups is 1. The third kappa shape index (κ3) is 4.26. The second-order valence-corrected chi connectivity index (χ2v) is 7.74. The highest BCUT2D eigenvalue weighted by molar-refractivity contribution is 7.99. The van der Waals surface area contributed by atoms with Crippen LogP contribution in [0.25, 0.3) is 21.7 Å². The molecule has 1 N–H and O–H groups in total. The molecule has 4 aromatic rings. The van der Waals surface area contributed by atoms with Gasteiger partial charge in [-0.1, -0.05) is 34.7 Å². The predicted octanol–water partition coefficient (Wildman–Crippen LogP) is 4.87. The maximum Gasteiger partial charge on any atom is 0.277 e. The number of anilines is 1. The number of nitrogens with one attached hydrogen (secondary N) is 1. The summed E-state index contributed by atoms with van der Waals surface area (Å²) in [6.07, 6.45) is 0. The number of thiazole rings is 1. The number of hydrogen-bond acceptors (Lipinski definition) is 7. The topological polar surface area (TPSA) is 80.9 Å². The van der Waals surface area contributed by atoms with Gasteiger partial charge in [-0.15, -0.1) is 10.2 Å². The Kier molecular flexibility index (Phi) is 5.06. The first kappa shape index (κ1) is 17.9. The Hall–Kier alpha value is -2.49. The van der Waals surface area contributed by atoms with Gasteiger partial charge >= 0.3 is 0 Å². The van der Waals surface area contributed by atoms with E-state index in [1.165, 1.54) is 23.5 Å². The number of aromatic nitrogens is 3. The Morgan fingerprint density at radius 1 is 1.22 bits per heavy atom. The zero-order valence-corrected chi connectivity index (χ0v) is 15.9. The molecule has 4 rings (SSSR count). The molecule has 0 saturated carbocycles. The zero-order chi connectivity index (χ0) is 18.8. The molecule has 0 spiro atoms. The van der Waals surface area contributed by atoms with E-state index in [0.717, 1.165) is 17.3 Å². The molecule has 10 heteroatoms. The number of amides is 1. The second-order valence-electron chi connectivity index (χ2n) is 5.35. The molecule has 0 radical (unpaired) electrons. The van der Waals surface area contributed by atoms with E-state index in [1.807, 2.05) is 0 Å². The molecule has 0 saturated heterocycles. The van der Waals surface area contributed by atoms with Gasteiger partial charge in [0.05, 0.1) is 16.0 Å². The van der Waals surface area contributed by atoms with Crippen LogP contribution in [0.15, 0.2) is 52.1 Å². The van der Waals surface area contributed by atoms with Crippen LogP contribution < -0.4 is 5.32 Å². The molecule has 6 nitrogen and oxygen atoms in total. The molecule has 0 fully saturated rings. The largest absolute Gasteiger partial charge is 0.411 e. The van der Waals surface area contributed by atoms with Crippen LogP contribution >= 0.6 is 34.7 Å². The molecule has 2 aromatic heterocycles. The van der Waals surface area contributed by atoms with Crippen LogP contribution in [0, 0.1) is 5.82 Å². The van der Waals surface area contributed by atoms with Crippen LogP contribution in [0.1, 0.15) is 0 Å². The van der Waals surface area contributed by atoms with Crippen molar-refractivity contribution in [1.82, 2.24) is 15.2 Å². The zero-order valence-electron chi connectivity index (χ0n) is 13.5. The summed E-state index contributed by atoms with van der Waals surface area (Å²) in [6.45, 7) is 0. The van der Waals surface area contributed by atoms with E-state index in [9.17, 15) is 9.18 Å². The average Bonchev–Trinajstić information content (AvgIpc) is 3.26. The van der Waals surface area contributed by atoms with Crippen LogP contribution in [0.3, 0.4) is 0 Å². The van der Waals surface area contributed by atoms with Crippen molar-refractivity contribution in [2.75, 3.05) is 11.1 Å². The summed E-state index contributed by atoms with van der Waals surface area (Å²) in [5, 5.41) is 11.9. The van der Waals surface area contributed by atoms with Crippen LogP contribution in [0.2, 0.25) is 5.02 Å². The highest BCUT2D eigenvalue weighted by Gasteiger charge is 2.13. The number of halogens is 2. The molecule has 1 amide bonds. The van der Waals surface area contributed by atoms with Crippen molar-refractivity contribution in [3.8, 4) is 11.5 Å². The first-order chi connectivity index (χ1) is 13.1. The monoisotopic (exact) mass is 420 g/mol. The second kappa shape index (κ2) is 7.63. The van der Waals surface area contributed by atoms with Gasteiger partial charge in [0.15, 0.2) is 5.13 Å². The number of carbonyl (C=O) groups excluding carboxylic acids is 1. The highest BCUT2D eigenvalue weighted by Crippen LogP contribution is 2.27. The summed E-state index contributed by atoms with van der Waals surface area (Å²) in [7, 11) is 0. The van der Waals surface area contributed by atoms with E-state index in [0.29, 0.717) is 26.3 Å². The Bertz CT molecular complexity index is 1110. The minimum absolute atomic E-state index is 0.0759. The van der Waals surface area contributed by atoms with Gasteiger partial charge in [0, 0.05) is 10.6 Å². The SMILES string of the molecule is O=C(CSc1nnc(-c2ccc(Cl)cc2)o1)Nc1nc2ccc(F)cc2s1. The average molecular weight is 421 g/mol. The number of hydrogen-bond donors (Lipinski definition) is 1. The molecule has 0 bridgehead atoms. The number of thioether (sulfide) groups is 1. The first-order valence-corrected chi connectivity index (χ1v) is 9.83. The van der Waals surface area contributed by atoms with Crippen molar-refractivity contribution < 1.29 is 13.6 Å². The Balaban J connectivity index is 1.36. The Morgan fingerprint density at radius 3 is 2.85 bits per heavy atom. The minimum atomic E-state index is -0.340. The molecule has 2 aromatic carbocycles. The van der Waals surface area contributed by atoms with Crippen molar-refractivity contribution in [1.29, 1.82) is 0 Å². The lowest BCUT2D eigenvalue weighted by Gasteiger charge is -1.98. The van der Waals surface area contributed by atoms with Gasteiger partial charge in [0.2, 0.25) is 11.8 Å². The van der Waals surface area contributed by atoms with E-state index in [1.54, 1.807) is 30.3 Å². The van der Waals surface area contributed by atoms with Crippen molar-refractivity contribution in [2.45, 2.75) is 5.22 Å². The van der Waals surface area contributed by atoms with Gasteiger partial charge in [-0.05, 0) is 42.5 Å². The van der Waals surface area contributed by atoms with Gasteiger partial charge in [-0.25, -0.2) is 9.37 Å². The fraction of sp³-hybridized carbons (Fsp3) is 0.0588. The molecule has 0 aliphatic carbocycles. The molecule has 0 aliphatic rings. The molecule has 0 atom stereocenters. The van der Waals surface area contributed by atoms with E-state index in [2.05, 4.69) is 20.5 Å². The number of fused-ring (bicyclic) bond motifs is 1. The maximum atomic E-state index is 13.2. The third-order valence-corrected chi connectivity index (χ3v) is 5.43. The summed E-state index contributed by atoms with van der Waals surface area (Å²) in [4.78, 5) is 16.3. The molecular formula is C17H10ClFN4O2S2. The number of rotatable bonds is 5. The van der Waals surface area contributed by atoms with Crippen LogP contribution in [-0.2, 0) is 4.79 Å². The first-order valence-electron chi connectivity index (χ1n) is 7.65. The van der Waals surface area contributed by atoms with Crippen molar-refractivity contribution >= 4 is 56.0 Å². The molecule has 136 valence electrons. The fourth-order valence-corrected chi connectivity index (χ4v) is 3.81. The molecule has 27 heavy (non-hydrogen) atoms. The van der Waals surface area contributed by atoms with Crippen LogP contribution in [-0.4, -0.2) is 26.8 Å². The smallest absolute Gasteiger partial charge is 0.277 e. The van der Waals surface area contributed by atoms with Gasteiger partial charge in [0.1, 0.15) is 5.82 Å². The molecule has 0 aliphatic heterocycles. The lowest BCUT2D eigenvalue weighted by atomic mass is 10.2. The normalized spacial score (nSPS) is 11.0. The van der Waals surface area contributed by atoms with E-state index in [-0.39, 0.29) is 22.7 Å². The van der Waals surface area contributed by atoms with Crippen molar-refractivity contribution in [3.05, 3.63) is 53.3 Å². The van der Waals surface area contributed by atoms with Crippen molar-refractivity contribution in [2.24, 2.45) is 0 Å². The van der Waals surface area contributed by atoms with Crippen molar-refractivity contribution in [3.63, 3.8) is 0 Å². The van der Waals surface area contributed by atoms with E-state index >= 15 is 0 Å². The maximum absolute atomic E-state index is 13.2. The summed E-state index contributed by atoms with van der Waals surface area (Å²) < 4.78 is 19.4. The summed E-state index contributed by atoms with van der Waals surface area (Å²) >= 11 is 8.17. The quantitative estimate of drug-likeness (QED) is 0.464. The van der Waals surface area contributed by atoms with Gasteiger partial charge in [-0.3, -0.25) is 4.79 Å². The predicted molar refractivity (Wildman–Crippen MR) is 104 cm³/mol. The highest BCUT2D eigenvalue weighted by atomic mass is 35.5. The van der Waals surface area contributed by atoms with Gasteiger partial charge in [0.25, 0.3) is 5.22 Å². The van der Waals surface area contributed by atoms with E-state index < -0.39 is 0 Å². The van der Waals surface area contributed by atoms with Gasteiger partial charge < -0.3 is 9.73 Å². The molecule has 2 heterocycles. The van der Waals surface area contributed by atoms with E-state index in [4.69, 9.17) is 16.0 Å². The minimum Gasteiger partial charge on any atom is -0.411 e. The summed E-state index contributed by atoms with van der Waals surface area (Å²) in [5.74, 6) is -0.187. The van der Waals surface area contributed by atoms with Crippen LogP contribution in [0.5, 0.6) is 0 Å².